The van der Waals surface area contributed by atoms with Crippen molar-refractivity contribution in [2.75, 3.05) is 5.75 Å². The predicted octanol–water partition coefficient (Wildman–Crippen LogP) is 0.490. The number of nitro groups is 1. The summed E-state index contributed by atoms with van der Waals surface area (Å²) in [5, 5.41) is 19.7. The summed E-state index contributed by atoms with van der Waals surface area (Å²) in [5.41, 5.74) is -3.91. The summed E-state index contributed by atoms with van der Waals surface area (Å²) in [6.07, 6.45) is -6.24. The number of halogens is 3. The summed E-state index contributed by atoms with van der Waals surface area (Å²) in [6, 6.07) is 0. The maximum atomic E-state index is 12.2. The van der Waals surface area contributed by atoms with Crippen LogP contribution in [0.15, 0.2) is 4.79 Å². The minimum Gasteiger partial charge on any atom is -0.481 e. The fourth-order valence-electron chi connectivity index (χ4n) is 1.70. The predicted molar refractivity (Wildman–Crippen MR) is 70.3 cm³/mol. The van der Waals surface area contributed by atoms with Crippen molar-refractivity contribution in [2.24, 2.45) is 0 Å². The van der Waals surface area contributed by atoms with Gasteiger partial charge in [-0.05, 0) is 6.92 Å². The Morgan fingerprint density at radius 2 is 1.96 bits per heavy atom. The van der Waals surface area contributed by atoms with Gasteiger partial charge in [0.1, 0.15) is 0 Å². The molecule has 0 bridgehead atoms. The van der Waals surface area contributed by atoms with Crippen LogP contribution in [0.1, 0.15) is 11.3 Å². The number of aromatic nitrogens is 1. The molecule has 0 aromatic carbocycles. The van der Waals surface area contributed by atoms with Gasteiger partial charge in [0.15, 0.2) is 5.75 Å². The zero-order valence-corrected chi connectivity index (χ0v) is 12.5. The molecular weight excluding hydrogens is 365 g/mol. The lowest BCUT2D eigenvalue weighted by Crippen LogP contribution is -2.28. The molecule has 2 N–H and O–H groups in total. The van der Waals surface area contributed by atoms with Crippen molar-refractivity contribution in [3.8, 4) is 5.75 Å². The summed E-state index contributed by atoms with van der Waals surface area (Å²) in [6.45, 7) is 1.08. The Bertz CT molecular complexity index is 843. The van der Waals surface area contributed by atoms with E-state index in [0.717, 1.165) is 6.92 Å². The van der Waals surface area contributed by atoms with Gasteiger partial charge >= 0.3 is 33.5 Å². The molecule has 0 radical (unpaired) electrons. The molecule has 1 aromatic heterocycles. The molecule has 0 aliphatic rings. The van der Waals surface area contributed by atoms with Crippen LogP contribution in [0.3, 0.4) is 0 Å². The third kappa shape index (κ3) is 4.94. The van der Waals surface area contributed by atoms with Crippen LogP contribution in [0.25, 0.3) is 0 Å². The molecule has 0 saturated heterocycles. The van der Waals surface area contributed by atoms with Gasteiger partial charge in [0, 0.05) is 11.3 Å². The highest BCUT2D eigenvalue weighted by Crippen LogP contribution is 2.32. The van der Waals surface area contributed by atoms with Gasteiger partial charge in [-0.1, -0.05) is 0 Å². The Kier molecular flexibility index (Phi) is 5.23. The Hall–Kier alpha value is -2.64. The highest BCUT2D eigenvalue weighted by Gasteiger charge is 2.39. The molecule has 0 amide bonds. The summed E-state index contributed by atoms with van der Waals surface area (Å²) in [4.78, 5) is 33.8. The minimum absolute atomic E-state index is 0.301. The number of hydrogen-bond acceptors (Lipinski definition) is 7. The first kappa shape index (κ1) is 19.4. The van der Waals surface area contributed by atoms with Crippen LogP contribution in [0.5, 0.6) is 5.75 Å². The van der Waals surface area contributed by atoms with E-state index in [1.807, 2.05) is 4.98 Å². The van der Waals surface area contributed by atoms with Crippen molar-refractivity contribution in [1.29, 1.82) is 0 Å². The number of alkyl halides is 3. The molecule has 14 heteroatoms. The van der Waals surface area contributed by atoms with E-state index in [-0.39, 0.29) is 5.69 Å². The molecule has 1 aromatic rings. The zero-order chi connectivity index (χ0) is 18.9. The molecule has 0 aliphatic carbocycles. The molecular formula is C10H9F3N2O8S. The second kappa shape index (κ2) is 6.46. The van der Waals surface area contributed by atoms with Crippen LogP contribution in [0.4, 0.5) is 18.9 Å². The number of nitrogens with zero attached hydrogens (tertiary/aromatic N) is 1. The lowest BCUT2D eigenvalue weighted by Gasteiger charge is -2.13. The normalized spacial score (nSPS) is 12.0. The van der Waals surface area contributed by atoms with Gasteiger partial charge in [-0.25, -0.2) is 0 Å². The first-order valence-corrected chi connectivity index (χ1v) is 7.42. The molecule has 0 saturated carbocycles. The standard InChI is InChI=1S/C10H9F3N2O8S/c1-4-5(2-6(16)17)8(7(15(19)20)9(18)14-4)23-24(21,22)3-10(11,12)13/h2-3H2,1H3,(H,14,18)(H,16,17). The van der Waals surface area contributed by atoms with Gasteiger partial charge in [-0.2, -0.15) is 21.6 Å². The molecule has 10 nitrogen and oxygen atoms in total. The SMILES string of the molecule is Cc1[nH]c(=O)c([N+](=O)[O-])c(OS(=O)(=O)CC(F)(F)F)c1CC(=O)O. The van der Waals surface area contributed by atoms with E-state index in [0.29, 0.717) is 0 Å². The van der Waals surface area contributed by atoms with Gasteiger partial charge < -0.3 is 14.3 Å². The number of aryl methyl sites for hydroxylation is 1. The molecule has 0 atom stereocenters. The number of rotatable bonds is 6. The van der Waals surface area contributed by atoms with E-state index < -0.39 is 61.9 Å². The Morgan fingerprint density at radius 3 is 2.38 bits per heavy atom. The molecule has 0 spiro atoms. The van der Waals surface area contributed by atoms with Gasteiger partial charge in [0.05, 0.1) is 11.3 Å². The van der Waals surface area contributed by atoms with Crippen LogP contribution in [-0.2, 0) is 21.3 Å². The number of carboxylic acids is 1. The van der Waals surface area contributed by atoms with Gasteiger partial charge in [-0.3, -0.25) is 19.7 Å². The quantitative estimate of drug-likeness (QED) is 0.414. The monoisotopic (exact) mass is 374 g/mol. The van der Waals surface area contributed by atoms with Crippen LogP contribution in [0, 0.1) is 17.0 Å². The highest BCUT2D eigenvalue weighted by atomic mass is 32.2. The maximum Gasteiger partial charge on any atom is 0.406 e. The van der Waals surface area contributed by atoms with Crippen LogP contribution < -0.4 is 9.74 Å². The first-order valence-electron chi connectivity index (χ1n) is 5.84. The summed E-state index contributed by atoms with van der Waals surface area (Å²) >= 11 is 0. The van der Waals surface area contributed by atoms with Crippen molar-refractivity contribution in [1.82, 2.24) is 4.98 Å². The van der Waals surface area contributed by atoms with Crippen LogP contribution >= 0.6 is 0 Å². The Balaban J connectivity index is 3.61. The van der Waals surface area contributed by atoms with Crippen LogP contribution in [0.2, 0.25) is 0 Å². The lowest BCUT2D eigenvalue weighted by molar-refractivity contribution is -0.387. The Morgan fingerprint density at radius 1 is 1.42 bits per heavy atom. The molecule has 1 heterocycles. The number of pyridine rings is 1. The maximum absolute atomic E-state index is 12.2. The summed E-state index contributed by atoms with van der Waals surface area (Å²) in [7, 11) is -5.42. The van der Waals surface area contributed by atoms with Crippen molar-refractivity contribution in [2.45, 2.75) is 19.5 Å². The second-order valence-corrected chi connectivity index (χ2v) is 6.03. The minimum atomic E-state index is -5.42. The van der Waals surface area contributed by atoms with Gasteiger partial charge in [-0.15, -0.1) is 0 Å². The Labute approximate surface area is 131 Å². The number of hydrogen-bond donors (Lipinski definition) is 2. The molecule has 134 valence electrons. The van der Waals surface area contributed by atoms with E-state index in [4.69, 9.17) is 5.11 Å². The number of aromatic amines is 1. The van der Waals surface area contributed by atoms with Crippen molar-refractivity contribution >= 4 is 21.8 Å². The van der Waals surface area contributed by atoms with Crippen molar-refractivity contribution in [3.05, 3.63) is 31.7 Å². The van der Waals surface area contributed by atoms with E-state index in [9.17, 15) is 41.3 Å². The average molecular weight is 374 g/mol. The van der Waals surface area contributed by atoms with E-state index in [2.05, 4.69) is 4.18 Å². The summed E-state index contributed by atoms with van der Waals surface area (Å²) in [5.74, 6) is -5.42. The molecule has 0 fully saturated rings. The molecule has 24 heavy (non-hydrogen) atoms. The molecule has 0 aliphatic heterocycles. The number of aliphatic carboxylic acids is 1. The topological polar surface area (TPSA) is 157 Å². The second-order valence-electron chi connectivity index (χ2n) is 4.46. The fraction of sp³-hybridized carbons (Fsp3) is 0.400. The number of carboxylic acid groups (broad SMARTS) is 1. The smallest absolute Gasteiger partial charge is 0.406 e. The molecule has 0 unspecified atom stereocenters. The third-order valence-corrected chi connectivity index (χ3v) is 3.62. The van der Waals surface area contributed by atoms with Gasteiger partial charge in [0.25, 0.3) is 0 Å². The van der Waals surface area contributed by atoms with Crippen molar-refractivity contribution < 1.29 is 40.6 Å². The number of H-pyrrole nitrogens is 1. The molecule has 1 rings (SSSR count). The number of nitrogens with one attached hydrogen (secondary N) is 1. The third-order valence-electron chi connectivity index (χ3n) is 2.52. The largest absolute Gasteiger partial charge is 0.481 e. The summed E-state index contributed by atoms with van der Waals surface area (Å²) < 4.78 is 63.6. The first-order chi connectivity index (χ1) is 10.7. The number of carbonyl (C=O) groups is 1. The average Bonchev–Trinajstić information content (AvgIpc) is 2.29. The van der Waals surface area contributed by atoms with Crippen LogP contribution in [-0.4, -0.2) is 41.3 Å². The zero-order valence-electron chi connectivity index (χ0n) is 11.7. The van der Waals surface area contributed by atoms with E-state index in [1.54, 1.807) is 0 Å². The van der Waals surface area contributed by atoms with Gasteiger partial charge in [0.2, 0.25) is 5.75 Å². The van der Waals surface area contributed by atoms with E-state index >= 15 is 0 Å². The fourth-order valence-corrected chi connectivity index (χ4v) is 2.59. The highest BCUT2D eigenvalue weighted by molar-refractivity contribution is 7.87. The van der Waals surface area contributed by atoms with E-state index in [1.165, 1.54) is 0 Å². The lowest BCUT2D eigenvalue weighted by atomic mass is 10.1. The van der Waals surface area contributed by atoms with Crippen molar-refractivity contribution in [3.63, 3.8) is 0 Å².